The van der Waals surface area contributed by atoms with Crippen molar-refractivity contribution in [3.05, 3.63) is 47.5 Å². The average molecular weight is 299 g/mol. The quantitative estimate of drug-likeness (QED) is 0.697. The number of hydrogen-bond donors (Lipinski definition) is 3. The molecule has 0 spiro atoms. The Labute approximate surface area is 128 Å². The molecule has 2 aromatic rings. The molecule has 114 valence electrons. The van der Waals surface area contributed by atoms with Gasteiger partial charge in [0.2, 0.25) is 0 Å². The van der Waals surface area contributed by atoms with Gasteiger partial charge >= 0.3 is 5.97 Å². The number of rotatable bonds is 1. The SMILES string of the molecule is COC(=O)C1(N)Cc2cccc(O)c2-c2c(O)cccc2C1. The molecule has 0 saturated carbocycles. The van der Waals surface area contributed by atoms with E-state index in [1.54, 1.807) is 36.4 Å². The topological polar surface area (TPSA) is 92.8 Å². The van der Waals surface area contributed by atoms with Gasteiger partial charge in [-0.15, -0.1) is 0 Å². The third-order valence-electron chi connectivity index (χ3n) is 4.11. The van der Waals surface area contributed by atoms with Crippen LogP contribution in [0.4, 0.5) is 0 Å². The van der Waals surface area contributed by atoms with Gasteiger partial charge in [-0.25, -0.2) is 0 Å². The summed E-state index contributed by atoms with van der Waals surface area (Å²) in [6.45, 7) is 0. The fourth-order valence-corrected chi connectivity index (χ4v) is 3.13. The number of carbonyl (C=O) groups excluding carboxylic acids is 1. The Morgan fingerprint density at radius 1 is 1.05 bits per heavy atom. The van der Waals surface area contributed by atoms with E-state index in [0.29, 0.717) is 22.3 Å². The standard InChI is InChI=1S/C17H17NO4/c1-22-16(21)17(18)8-10-4-2-6-12(19)14(10)15-11(9-17)5-3-7-13(15)20/h2-7,19-20H,8-9,18H2,1H3. The first kappa shape index (κ1) is 14.4. The fraction of sp³-hybridized carbons (Fsp3) is 0.235. The molecule has 4 N–H and O–H groups in total. The molecule has 0 saturated heterocycles. The Kier molecular flexibility index (Phi) is 3.30. The maximum Gasteiger partial charge on any atom is 0.326 e. The first-order chi connectivity index (χ1) is 10.5. The summed E-state index contributed by atoms with van der Waals surface area (Å²) < 4.78 is 4.85. The maximum absolute atomic E-state index is 12.2. The van der Waals surface area contributed by atoms with E-state index in [1.807, 2.05) is 0 Å². The number of ether oxygens (including phenoxy) is 1. The fourth-order valence-electron chi connectivity index (χ4n) is 3.13. The summed E-state index contributed by atoms with van der Waals surface area (Å²) in [6, 6.07) is 10.1. The van der Waals surface area contributed by atoms with Crippen molar-refractivity contribution in [2.45, 2.75) is 18.4 Å². The number of methoxy groups -OCH3 is 1. The Hall–Kier alpha value is -2.53. The highest BCUT2D eigenvalue weighted by molar-refractivity contribution is 5.87. The van der Waals surface area contributed by atoms with Gasteiger partial charge in [0.25, 0.3) is 0 Å². The summed E-state index contributed by atoms with van der Waals surface area (Å²) in [5.41, 5.74) is 7.51. The van der Waals surface area contributed by atoms with E-state index >= 15 is 0 Å². The van der Waals surface area contributed by atoms with E-state index < -0.39 is 11.5 Å². The molecule has 0 unspecified atom stereocenters. The lowest BCUT2D eigenvalue weighted by Gasteiger charge is -2.25. The minimum absolute atomic E-state index is 0.0503. The smallest absolute Gasteiger partial charge is 0.326 e. The molecular formula is C17H17NO4. The number of phenols is 2. The van der Waals surface area contributed by atoms with Crippen LogP contribution in [-0.2, 0) is 22.4 Å². The minimum Gasteiger partial charge on any atom is -0.507 e. The third kappa shape index (κ3) is 2.10. The number of fused-ring (bicyclic) bond motifs is 3. The van der Waals surface area contributed by atoms with E-state index in [9.17, 15) is 15.0 Å². The maximum atomic E-state index is 12.2. The van der Waals surface area contributed by atoms with Crippen LogP contribution in [0.2, 0.25) is 0 Å². The molecule has 0 bridgehead atoms. The molecule has 3 rings (SSSR count). The Morgan fingerprint density at radius 2 is 1.50 bits per heavy atom. The van der Waals surface area contributed by atoms with E-state index in [0.717, 1.165) is 0 Å². The number of aromatic hydroxyl groups is 2. The lowest BCUT2D eigenvalue weighted by atomic mass is 9.88. The number of phenolic OH excluding ortho intramolecular Hbond substituents is 2. The summed E-state index contributed by atoms with van der Waals surface area (Å²) in [5.74, 6) is -0.415. The first-order valence-corrected chi connectivity index (χ1v) is 6.95. The van der Waals surface area contributed by atoms with Gasteiger partial charge in [-0.05, 0) is 23.3 Å². The summed E-state index contributed by atoms with van der Waals surface area (Å²) in [4.78, 5) is 12.2. The molecule has 0 heterocycles. The Balaban J connectivity index is 2.32. The number of esters is 1. The number of nitrogens with two attached hydrogens (primary N) is 1. The summed E-state index contributed by atoms with van der Waals surface area (Å²) in [6.07, 6.45) is 0.440. The molecule has 1 aliphatic rings. The van der Waals surface area contributed by atoms with Crippen molar-refractivity contribution in [3.63, 3.8) is 0 Å². The van der Waals surface area contributed by atoms with E-state index in [1.165, 1.54) is 7.11 Å². The molecule has 0 aliphatic heterocycles. The molecule has 2 aromatic carbocycles. The van der Waals surface area contributed by atoms with Gasteiger partial charge < -0.3 is 20.7 Å². The van der Waals surface area contributed by atoms with Crippen molar-refractivity contribution in [1.29, 1.82) is 0 Å². The Bertz CT molecular complexity index is 701. The molecule has 22 heavy (non-hydrogen) atoms. The predicted molar refractivity (Wildman–Crippen MR) is 81.6 cm³/mol. The number of carbonyl (C=O) groups is 1. The normalized spacial score (nSPS) is 15.4. The second-order valence-electron chi connectivity index (χ2n) is 5.62. The predicted octanol–water partition coefficient (Wildman–Crippen LogP) is 1.73. The molecular weight excluding hydrogens is 282 g/mol. The molecule has 0 fully saturated rings. The van der Waals surface area contributed by atoms with Gasteiger partial charge in [0.05, 0.1) is 7.11 Å². The monoisotopic (exact) mass is 299 g/mol. The van der Waals surface area contributed by atoms with Crippen molar-refractivity contribution < 1.29 is 19.7 Å². The molecule has 0 radical (unpaired) electrons. The van der Waals surface area contributed by atoms with E-state index in [2.05, 4.69) is 0 Å². The summed E-state index contributed by atoms with van der Waals surface area (Å²) in [7, 11) is 1.30. The third-order valence-corrected chi connectivity index (χ3v) is 4.11. The zero-order valence-corrected chi connectivity index (χ0v) is 12.2. The lowest BCUT2D eigenvalue weighted by Crippen LogP contribution is -2.52. The average Bonchev–Trinajstić information content (AvgIpc) is 2.62. The summed E-state index contributed by atoms with van der Waals surface area (Å²) >= 11 is 0. The molecule has 5 nitrogen and oxygen atoms in total. The largest absolute Gasteiger partial charge is 0.507 e. The Morgan fingerprint density at radius 3 is 1.91 bits per heavy atom. The minimum atomic E-state index is -1.24. The lowest BCUT2D eigenvalue weighted by molar-refractivity contribution is -0.147. The molecule has 0 aromatic heterocycles. The van der Waals surface area contributed by atoms with Crippen LogP contribution in [0.25, 0.3) is 11.1 Å². The van der Waals surface area contributed by atoms with Gasteiger partial charge in [0.15, 0.2) is 0 Å². The van der Waals surface area contributed by atoms with Crippen LogP contribution in [-0.4, -0.2) is 28.8 Å². The van der Waals surface area contributed by atoms with Crippen LogP contribution in [0.1, 0.15) is 11.1 Å². The summed E-state index contributed by atoms with van der Waals surface area (Å²) in [5, 5.41) is 20.5. The zero-order chi connectivity index (χ0) is 15.9. The molecule has 0 amide bonds. The van der Waals surface area contributed by atoms with Gasteiger partial charge in [-0.2, -0.15) is 0 Å². The second-order valence-corrected chi connectivity index (χ2v) is 5.62. The van der Waals surface area contributed by atoms with Gasteiger partial charge in [0.1, 0.15) is 17.0 Å². The molecule has 1 aliphatic carbocycles. The second kappa shape index (κ2) is 5.03. The van der Waals surface area contributed by atoms with Crippen molar-refractivity contribution in [3.8, 4) is 22.6 Å². The van der Waals surface area contributed by atoms with E-state index in [-0.39, 0.29) is 24.3 Å². The van der Waals surface area contributed by atoms with Crippen molar-refractivity contribution in [2.75, 3.05) is 7.11 Å². The first-order valence-electron chi connectivity index (χ1n) is 6.95. The highest BCUT2D eigenvalue weighted by atomic mass is 16.5. The molecule has 0 atom stereocenters. The van der Waals surface area contributed by atoms with Crippen molar-refractivity contribution in [1.82, 2.24) is 0 Å². The van der Waals surface area contributed by atoms with Gasteiger partial charge in [-0.1, -0.05) is 24.3 Å². The van der Waals surface area contributed by atoms with Crippen LogP contribution < -0.4 is 5.73 Å². The molecule has 5 heteroatoms. The van der Waals surface area contributed by atoms with Crippen LogP contribution in [0.3, 0.4) is 0 Å². The number of benzene rings is 2. The van der Waals surface area contributed by atoms with Crippen molar-refractivity contribution in [2.24, 2.45) is 5.73 Å². The van der Waals surface area contributed by atoms with Gasteiger partial charge in [-0.3, -0.25) is 4.79 Å². The van der Waals surface area contributed by atoms with E-state index in [4.69, 9.17) is 10.5 Å². The van der Waals surface area contributed by atoms with Crippen LogP contribution in [0, 0.1) is 0 Å². The van der Waals surface area contributed by atoms with Crippen LogP contribution in [0.15, 0.2) is 36.4 Å². The van der Waals surface area contributed by atoms with Crippen LogP contribution in [0.5, 0.6) is 11.5 Å². The highest BCUT2D eigenvalue weighted by Gasteiger charge is 2.40. The zero-order valence-electron chi connectivity index (χ0n) is 12.2. The van der Waals surface area contributed by atoms with Crippen LogP contribution >= 0.6 is 0 Å². The van der Waals surface area contributed by atoms with Gasteiger partial charge in [0, 0.05) is 24.0 Å². The highest BCUT2D eigenvalue weighted by Crippen LogP contribution is 2.44. The van der Waals surface area contributed by atoms with Crippen molar-refractivity contribution >= 4 is 5.97 Å². The number of hydrogen-bond acceptors (Lipinski definition) is 5.